The standard InChI is InChI=1S/C23H26N2O4/c1-5-16(3)29-20-11-10-18(13-21(20)28-4)12-19-22(26)25(23(27)24-19)14-17-8-6-15(2)7-9-17/h6-13,16H,5,14H2,1-4H3,(H,24,27)/b19-12+/t16-/m0/s1. The number of rotatable bonds is 7. The Morgan fingerprint density at radius 3 is 2.48 bits per heavy atom. The van der Waals surface area contributed by atoms with E-state index in [1.807, 2.05) is 57.2 Å². The second-order valence-electron chi connectivity index (χ2n) is 7.11. The number of urea groups is 1. The van der Waals surface area contributed by atoms with Gasteiger partial charge < -0.3 is 14.8 Å². The van der Waals surface area contributed by atoms with Gasteiger partial charge in [0.2, 0.25) is 0 Å². The number of benzene rings is 2. The highest BCUT2D eigenvalue weighted by Gasteiger charge is 2.33. The molecule has 0 spiro atoms. The van der Waals surface area contributed by atoms with E-state index in [2.05, 4.69) is 5.32 Å². The molecule has 2 aromatic carbocycles. The third kappa shape index (κ3) is 4.77. The number of ether oxygens (including phenoxy) is 2. The fraction of sp³-hybridized carbons (Fsp3) is 0.304. The van der Waals surface area contributed by atoms with Gasteiger partial charge in [0, 0.05) is 0 Å². The number of nitrogens with zero attached hydrogens (tertiary/aromatic N) is 1. The summed E-state index contributed by atoms with van der Waals surface area (Å²) < 4.78 is 11.3. The number of nitrogens with one attached hydrogen (secondary N) is 1. The molecular weight excluding hydrogens is 368 g/mol. The molecule has 3 amide bonds. The van der Waals surface area contributed by atoms with Crippen LogP contribution in [0.25, 0.3) is 6.08 Å². The van der Waals surface area contributed by atoms with Gasteiger partial charge >= 0.3 is 6.03 Å². The highest BCUT2D eigenvalue weighted by molar-refractivity contribution is 6.13. The van der Waals surface area contributed by atoms with E-state index in [9.17, 15) is 9.59 Å². The van der Waals surface area contributed by atoms with E-state index < -0.39 is 6.03 Å². The van der Waals surface area contributed by atoms with Crippen molar-refractivity contribution in [3.63, 3.8) is 0 Å². The lowest BCUT2D eigenvalue weighted by molar-refractivity contribution is -0.123. The Morgan fingerprint density at radius 1 is 1.10 bits per heavy atom. The summed E-state index contributed by atoms with van der Waals surface area (Å²) in [5.74, 6) is 0.870. The van der Waals surface area contributed by atoms with Gasteiger partial charge in [-0.2, -0.15) is 0 Å². The number of aryl methyl sites for hydroxylation is 1. The summed E-state index contributed by atoms with van der Waals surface area (Å²) in [6.45, 7) is 6.26. The lowest BCUT2D eigenvalue weighted by Gasteiger charge is -2.15. The molecule has 152 valence electrons. The predicted molar refractivity (Wildman–Crippen MR) is 112 cm³/mol. The minimum Gasteiger partial charge on any atom is -0.493 e. The van der Waals surface area contributed by atoms with E-state index in [1.165, 1.54) is 4.90 Å². The summed E-state index contributed by atoms with van der Waals surface area (Å²) in [7, 11) is 1.57. The largest absolute Gasteiger partial charge is 0.493 e. The van der Waals surface area contributed by atoms with Crippen molar-refractivity contribution in [1.29, 1.82) is 0 Å². The van der Waals surface area contributed by atoms with E-state index in [1.54, 1.807) is 19.3 Å². The zero-order chi connectivity index (χ0) is 21.0. The van der Waals surface area contributed by atoms with Crippen LogP contribution in [-0.4, -0.2) is 30.1 Å². The Labute approximate surface area is 171 Å². The number of hydrogen-bond acceptors (Lipinski definition) is 4. The minimum absolute atomic E-state index is 0.0686. The molecule has 6 heteroatoms. The molecule has 0 unspecified atom stereocenters. The summed E-state index contributed by atoms with van der Waals surface area (Å²) in [6, 6.07) is 12.7. The number of amides is 3. The Hall–Kier alpha value is -3.28. The maximum absolute atomic E-state index is 12.7. The summed E-state index contributed by atoms with van der Waals surface area (Å²) >= 11 is 0. The first kappa shape index (κ1) is 20.5. The normalized spacial score (nSPS) is 16.1. The number of carbonyl (C=O) groups excluding carboxylic acids is 2. The van der Waals surface area contributed by atoms with Gasteiger partial charge in [0.05, 0.1) is 19.8 Å². The molecule has 0 aliphatic carbocycles. The van der Waals surface area contributed by atoms with E-state index in [4.69, 9.17) is 9.47 Å². The quantitative estimate of drug-likeness (QED) is 0.562. The van der Waals surface area contributed by atoms with E-state index in [0.717, 1.165) is 23.1 Å². The van der Waals surface area contributed by atoms with Crippen LogP contribution in [0.15, 0.2) is 48.2 Å². The Balaban J connectivity index is 1.79. The van der Waals surface area contributed by atoms with Gasteiger partial charge in [-0.05, 0) is 49.6 Å². The highest BCUT2D eigenvalue weighted by Crippen LogP contribution is 2.30. The molecule has 0 saturated carbocycles. The van der Waals surface area contributed by atoms with Crippen molar-refractivity contribution in [3.05, 3.63) is 64.9 Å². The third-order valence-electron chi connectivity index (χ3n) is 4.83. The first-order chi connectivity index (χ1) is 13.9. The molecule has 0 aromatic heterocycles. The second-order valence-corrected chi connectivity index (χ2v) is 7.11. The molecule has 1 heterocycles. The van der Waals surface area contributed by atoms with Gasteiger partial charge in [-0.1, -0.05) is 42.8 Å². The molecule has 1 aliphatic heterocycles. The molecule has 0 bridgehead atoms. The summed E-state index contributed by atoms with van der Waals surface area (Å²) in [6.07, 6.45) is 2.59. The molecule has 0 radical (unpaired) electrons. The van der Waals surface area contributed by atoms with Crippen molar-refractivity contribution in [2.75, 3.05) is 7.11 Å². The number of hydrogen-bond donors (Lipinski definition) is 1. The molecule has 1 aliphatic rings. The average molecular weight is 394 g/mol. The van der Waals surface area contributed by atoms with Crippen LogP contribution in [0.2, 0.25) is 0 Å². The van der Waals surface area contributed by atoms with Crippen LogP contribution in [-0.2, 0) is 11.3 Å². The van der Waals surface area contributed by atoms with Crippen molar-refractivity contribution >= 4 is 18.0 Å². The number of carbonyl (C=O) groups is 2. The van der Waals surface area contributed by atoms with Gasteiger partial charge in [0.15, 0.2) is 11.5 Å². The van der Waals surface area contributed by atoms with Crippen molar-refractivity contribution in [2.45, 2.75) is 39.8 Å². The van der Waals surface area contributed by atoms with Crippen LogP contribution in [0.1, 0.15) is 37.0 Å². The molecule has 1 atom stereocenters. The first-order valence-corrected chi connectivity index (χ1v) is 9.66. The van der Waals surface area contributed by atoms with Crippen LogP contribution in [0.4, 0.5) is 4.79 Å². The molecule has 6 nitrogen and oxygen atoms in total. The van der Waals surface area contributed by atoms with Gasteiger partial charge in [-0.25, -0.2) is 4.79 Å². The topological polar surface area (TPSA) is 67.9 Å². The molecule has 1 fully saturated rings. The van der Waals surface area contributed by atoms with Crippen molar-refractivity contribution < 1.29 is 19.1 Å². The van der Waals surface area contributed by atoms with Crippen LogP contribution >= 0.6 is 0 Å². The minimum atomic E-state index is -0.425. The van der Waals surface area contributed by atoms with Gasteiger partial charge in [0.25, 0.3) is 5.91 Å². The highest BCUT2D eigenvalue weighted by atomic mass is 16.5. The number of imide groups is 1. The summed E-state index contributed by atoms with van der Waals surface area (Å²) in [5.41, 5.74) is 2.99. The van der Waals surface area contributed by atoms with E-state index in [-0.39, 0.29) is 24.3 Å². The fourth-order valence-corrected chi connectivity index (χ4v) is 2.93. The molecule has 29 heavy (non-hydrogen) atoms. The van der Waals surface area contributed by atoms with E-state index >= 15 is 0 Å². The maximum Gasteiger partial charge on any atom is 0.329 e. The third-order valence-corrected chi connectivity index (χ3v) is 4.83. The summed E-state index contributed by atoms with van der Waals surface area (Å²) in [4.78, 5) is 26.2. The van der Waals surface area contributed by atoms with Crippen LogP contribution in [0.3, 0.4) is 0 Å². The Morgan fingerprint density at radius 2 is 1.83 bits per heavy atom. The van der Waals surface area contributed by atoms with Crippen LogP contribution < -0.4 is 14.8 Å². The monoisotopic (exact) mass is 394 g/mol. The van der Waals surface area contributed by atoms with Crippen LogP contribution in [0.5, 0.6) is 11.5 Å². The zero-order valence-electron chi connectivity index (χ0n) is 17.2. The molecular formula is C23H26N2O4. The van der Waals surface area contributed by atoms with Crippen LogP contribution in [0, 0.1) is 6.92 Å². The molecule has 3 rings (SSSR count). The van der Waals surface area contributed by atoms with Crippen molar-refractivity contribution in [1.82, 2.24) is 10.2 Å². The lowest BCUT2D eigenvalue weighted by Crippen LogP contribution is -2.30. The lowest BCUT2D eigenvalue weighted by atomic mass is 10.1. The SMILES string of the molecule is CC[C@H](C)Oc1ccc(/C=C2/NC(=O)N(Cc3ccc(C)cc3)C2=O)cc1OC. The average Bonchev–Trinajstić information content (AvgIpc) is 2.97. The zero-order valence-corrected chi connectivity index (χ0v) is 17.2. The van der Waals surface area contributed by atoms with Gasteiger partial charge in [-0.15, -0.1) is 0 Å². The van der Waals surface area contributed by atoms with Gasteiger partial charge in [-0.3, -0.25) is 9.69 Å². The first-order valence-electron chi connectivity index (χ1n) is 9.66. The smallest absolute Gasteiger partial charge is 0.329 e. The maximum atomic E-state index is 12.7. The predicted octanol–water partition coefficient (Wildman–Crippen LogP) is 4.27. The molecule has 1 N–H and O–H groups in total. The summed E-state index contributed by atoms with van der Waals surface area (Å²) in [5, 5.41) is 2.65. The number of methoxy groups -OCH3 is 1. The van der Waals surface area contributed by atoms with Crippen molar-refractivity contribution in [2.24, 2.45) is 0 Å². The van der Waals surface area contributed by atoms with Crippen molar-refractivity contribution in [3.8, 4) is 11.5 Å². The Kier molecular flexibility index (Phi) is 6.22. The van der Waals surface area contributed by atoms with E-state index in [0.29, 0.717) is 11.5 Å². The molecule has 1 saturated heterocycles. The molecule has 2 aromatic rings. The van der Waals surface area contributed by atoms with Gasteiger partial charge in [0.1, 0.15) is 5.70 Å². The second kappa shape index (κ2) is 8.82. The Bertz CT molecular complexity index is 934. The fourth-order valence-electron chi connectivity index (χ4n) is 2.93.